The van der Waals surface area contributed by atoms with Crippen molar-refractivity contribution in [1.82, 2.24) is 5.16 Å². The maximum Gasteiger partial charge on any atom is 0.336 e. The summed E-state index contributed by atoms with van der Waals surface area (Å²) < 4.78 is 28.8. The predicted molar refractivity (Wildman–Crippen MR) is 107 cm³/mol. The SMILES string of the molecule is Cc1cc(=O)oc2cc(NC(=O)COCc3cc(-c4ccc(F)cc4)on3)ccc12. The summed E-state index contributed by atoms with van der Waals surface area (Å²) in [6.45, 7) is 1.69. The monoisotopic (exact) mass is 408 g/mol. The molecule has 0 unspecified atom stereocenters. The molecule has 2 aromatic heterocycles. The van der Waals surface area contributed by atoms with Gasteiger partial charge in [0.1, 0.15) is 23.7 Å². The number of amides is 1. The van der Waals surface area contributed by atoms with E-state index < -0.39 is 5.63 Å². The average molecular weight is 408 g/mol. The van der Waals surface area contributed by atoms with E-state index in [-0.39, 0.29) is 24.9 Å². The number of aryl methyl sites for hydroxylation is 1. The van der Waals surface area contributed by atoms with Gasteiger partial charge in [-0.25, -0.2) is 9.18 Å². The number of nitrogens with zero attached hydrogens (tertiary/aromatic N) is 1. The summed E-state index contributed by atoms with van der Waals surface area (Å²) in [5, 5.41) is 7.37. The first kappa shape index (κ1) is 19.5. The molecule has 30 heavy (non-hydrogen) atoms. The Labute approximate surface area is 170 Å². The number of rotatable bonds is 6. The molecule has 7 nitrogen and oxygen atoms in total. The first-order chi connectivity index (χ1) is 14.5. The molecule has 2 aromatic carbocycles. The Morgan fingerprint density at radius 1 is 1.13 bits per heavy atom. The number of carbonyl (C=O) groups excluding carboxylic acids is 1. The third-order valence-corrected chi connectivity index (χ3v) is 4.41. The minimum absolute atomic E-state index is 0.0733. The minimum atomic E-state index is -0.445. The lowest BCUT2D eigenvalue weighted by molar-refractivity contribution is -0.121. The summed E-state index contributed by atoms with van der Waals surface area (Å²) in [6, 6.07) is 14.0. The largest absolute Gasteiger partial charge is 0.423 e. The molecule has 0 radical (unpaired) electrons. The van der Waals surface area contributed by atoms with Crippen LogP contribution in [0.5, 0.6) is 0 Å². The quantitative estimate of drug-likeness (QED) is 0.484. The second kappa shape index (κ2) is 8.30. The molecule has 1 N–H and O–H groups in total. The lowest BCUT2D eigenvalue weighted by Crippen LogP contribution is -2.18. The number of aromatic nitrogens is 1. The molecule has 0 saturated heterocycles. The standard InChI is InChI=1S/C22H17FN2O5/c1-13-8-22(27)29-20-9-16(6-7-18(13)20)24-21(26)12-28-11-17-10-19(30-25-17)14-2-4-15(23)5-3-14/h2-10H,11-12H2,1H3,(H,24,26). The van der Waals surface area contributed by atoms with E-state index in [1.165, 1.54) is 18.2 Å². The maximum atomic E-state index is 13.0. The molecule has 0 aliphatic heterocycles. The molecule has 0 fully saturated rings. The van der Waals surface area contributed by atoms with Crippen LogP contribution in [-0.2, 0) is 16.1 Å². The molecule has 1 amide bonds. The number of nitrogens with one attached hydrogen (secondary N) is 1. The summed E-state index contributed by atoms with van der Waals surface area (Å²) in [7, 11) is 0. The topological polar surface area (TPSA) is 94.6 Å². The van der Waals surface area contributed by atoms with E-state index >= 15 is 0 Å². The second-order valence-electron chi connectivity index (χ2n) is 6.69. The summed E-state index contributed by atoms with van der Waals surface area (Å²) in [4.78, 5) is 23.6. The van der Waals surface area contributed by atoms with E-state index in [9.17, 15) is 14.0 Å². The highest BCUT2D eigenvalue weighted by Crippen LogP contribution is 2.22. The summed E-state index contributed by atoms with van der Waals surface area (Å²) in [6.07, 6.45) is 0. The fourth-order valence-electron chi connectivity index (χ4n) is 2.98. The third kappa shape index (κ3) is 4.44. The Hall–Kier alpha value is -3.78. The van der Waals surface area contributed by atoms with Crippen molar-refractivity contribution in [3.8, 4) is 11.3 Å². The molecule has 8 heteroatoms. The number of carbonyl (C=O) groups is 1. The van der Waals surface area contributed by atoms with Crippen molar-refractivity contribution in [3.63, 3.8) is 0 Å². The van der Waals surface area contributed by atoms with Crippen LogP contribution in [0.15, 0.2) is 68.3 Å². The van der Waals surface area contributed by atoms with Crippen molar-refractivity contribution in [2.24, 2.45) is 0 Å². The zero-order valence-corrected chi connectivity index (χ0v) is 16.0. The molecule has 2 heterocycles. The third-order valence-electron chi connectivity index (χ3n) is 4.41. The van der Waals surface area contributed by atoms with Crippen LogP contribution in [-0.4, -0.2) is 17.7 Å². The van der Waals surface area contributed by atoms with Crippen LogP contribution in [0.3, 0.4) is 0 Å². The fourth-order valence-corrected chi connectivity index (χ4v) is 2.98. The average Bonchev–Trinajstić information content (AvgIpc) is 3.17. The van der Waals surface area contributed by atoms with E-state index in [1.54, 1.807) is 36.4 Å². The van der Waals surface area contributed by atoms with Crippen molar-refractivity contribution in [1.29, 1.82) is 0 Å². The summed E-state index contributed by atoms with van der Waals surface area (Å²) in [5.41, 5.74) is 2.44. The molecular formula is C22H17FN2O5. The van der Waals surface area contributed by atoms with Gasteiger partial charge in [0, 0.05) is 34.8 Å². The lowest BCUT2D eigenvalue weighted by Gasteiger charge is -2.07. The first-order valence-corrected chi connectivity index (χ1v) is 9.11. The first-order valence-electron chi connectivity index (χ1n) is 9.11. The van der Waals surface area contributed by atoms with Gasteiger partial charge in [0.15, 0.2) is 5.76 Å². The minimum Gasteiger partial charge on any atom is -0.423 e. The molecule has 0 atom stereocenters. The van der Waals surface area contributed by atoms with Gasteiger partial charge in [-0.15, -0.1) is 0 Å². The number of halogens is 1. The van der Waals surface area contributed by atoms with Gasteiger partial charge in [0.25, 0.3) is 0 Å². The summed E-state index contributed by atoms with van der Waals surface area (Å²) in [5.74, 6) is -0.228. The van der Waals surface area contributed by atoms with E-state index in [4.69, 9.17) is 13.7 Å². The fraction of sp³-hybridized carbons (Fsp3) is 0.136. The Balaban J connectivity index is 1.33. The number of anilines is 1. The normalized spacial score (nSPS) is 11.0. The zero-order chi connectivity index (χ0) is 21.1. The molecule has 4 aromatic rings. The van der Waals surface area contributed by atoms with Crippen molar-refractivity contribution in [2.45, 2.75) is 13.5 Å². The van der Waals surface area contributed by atoms with Crippen molar-refractivity contribution in [3.05, 3.63) is 82.1 Å². The van der Waals surface area contributed by atoms with Crippen LogP contribution < -0.4 is 10.9 Å². The number of hydrogen-bond acceptors (Lipinski definition) is 6. The van der Waals surface area contributed by atoms with Crippen molar-refractivity contribution in [2.75, 3.05) is 11.9 Å². The van der Waals surface area contributed by atoms with Gasteiger partial charge in [-0.3, -0.25) is 4.79 Å². The van der Waals surface area contributed by atoms with E-state index in [2.05, 4.69) is 10.5 Å². The Morgan fingerprint density at radius 2 is 1.93 bits per heavy atom. The highest BCUT2D eigenvalue weighted by atomic mass is 19.1. The van der Waals surface area contributed by atoms with Crippen molar-refractivity contribution >= 4 is 22.6 Å². The smallest absolute Gasteiger partial charge is 0.336 e. The van der Waals surface area contributed by atoms with Gasteiger partial charge >= 0.3 is 5.63 Å². The van der Waals surface area contributed by atoms with Gasteiger partial charge in [0.05, 0.1) is 6.61 Å². The van der Waals surface area contributed by atoms with Gasteiger partial charge in [-0.05, 0) is 48.9 Å². The highest BCUT2D eigenvalue weighted by Gasteiger charge is 2.10. The van der Waals surface area contributed by atoms with Gasteiger partial charge in [-0.1, -0.05) is 5.16 Å². The molecule has 4 rings (SSSR count). The molecule has 0 aliphatic carbocycles. The Bertz CT molecular complexity index is 1260. The van der Waals surface area contributed by atoms with Gasteiger partial charge in [-0.2, -0.15) is 0 Å². The maximum absolute atomic E-state index is 13.0. The number of hydrogen-bond donors (Lipinski definition) is 1. The predicted octanol–water partition coefficient (Wildman–Crippen LogP) is 4.05. The zero-order valence-electron chi connectivity index (χ0n) is 16.0. The summed E-state index contributed by atoms with van der Waals surface area (Å²) >= 11 is 0. The molecule has 0 spiro atoms. The van der Waals surface area contributed by atoms with Crippen LogP contribution in [0.25, 0.3) is 22.3 Å². The van der Waals surface area contributed by atoms with E-state index in [0.29, 0.717) is 28.3 Å². The lowest BCUT2D eigenvalue weighted by atomic mass is 10.1. The van der Waals surface area contributed by atoms with Crippen LogP contribution in [0.1, 0.15) is 11.3 Å². The Morgan fingerprint density at radius 3 is 2.73 bits per heavy atom. The number of ether oxygens (including phenoxy) is 1. The molecule has 0 aliphatic rings. The van der Waals surface area contributed by atoms with Crippen LogP contribution in [0.4, 0.5) is 10.1 Å². The molecule has 0 saturated carbocycles. The van der Waals surface area contributed by atoms with Gasteiger partial charge in [0.2, 0.25) is 5.91 Å². The van der Waals surface area contributed by atoms with Crippen LogP contribution in [0.2, 0.25) is 0 Å². The number of benzene rings is 2. The van der Waals surface area contributed by atoms with E-state index in [1.807, 2.05) is 6.92 Å². The van der Waals surface area contributed by atoms with Gasteiger partial charge < -0.3 is 19.0 Å². The Kier molecular flexibility index (Phi) is 5.40. The number of fused-ring (bicyclic) bond motifs is 1. The van der Waals surface area contributed by atoms with Crippen molar-refractivity contribution < 1.29 is 22.9 Å². The van der Waals surface area contributed by atoms with E-state index in [0.717, 1.165) is 10.9 Å². The van der Waals surface area contributed by atoms with Crippen LogP contribution in [0, 0.1) is 12.7 Å². The van der Waals surface area contributed by atoms with Crippen LogP contribution >= 0.6 is 0 Å². The molecule has 0 bridgehead atoms. The second-order valence-corrected chi connectivity index (χ2v) is 6.69. The molecule has 152 valence electrons. The molecular weight excluding hydrogens is 391 g/mol. The highest BCUT2D eigenvalue weighted by molar-refractivity contribution is 5.94.